The predicted molar refractivity (Wildman–Crippen MR) is 238 cm³/mol. The van der Waals surface area contributed by atoms with Gasteiger partial charge in [0.2, 0.25) is 0 Å². The molecule has 262 valence electrons. The number of benzene rings is 10. The van der Waals surface area contributed by atoms with E-state index in [1.165, 1.54) is 92.1 Å². The van der Waals surface area contributed by atoms with Gasteiger partial charge in [-0.3, -0.25) is 0 Å². The molecule has 1 aliphatic rings. The molecule has 2 heteroatoms. The maximum absolute atomic E-state index is 7.11. The quantitative estimate of drug-likeness (QED) is 0.167. The molecule has 2 unspecified atom stereocenters. The molecule has 0 amide bonds. The lowest BCUT2D eigenvalue weighted by Gasteiger charge is -2.22. The lowest BCUT2D eigenvalue weighted by molar-refractivity contribution is 0.669. The molecule has 10 aromatic carbocycles. The van der Waals surface area contributed by atoms with Crippen molar-refractivity contribution in [2.75, 3.05) is 0 Å². The van der Waals surface area contributed by atoms with Gasteiger partial charge in [0.1, 0.15) is 11.2 Å². The zero-order valence-corrected chi connectivity index (χ0v) is 31.3. The summed E-state index contributed by atoms with van der Waals surface area (Å²) in [5.74, 6) is 0.136. The van der Waals surface area contributed by atoms with Gasteiger partial charge < -0.3 is 4.42 Å². The van der Waals surface area contributed by atoms with E-state index >= 15 is 0 Å². The third-order valence-corrected chi connectivity index (χ3v) is 13.4. The first-order valence-electron chi connectivity index (χ1n) is 19.4. The Morgan fingerprint density at radius 1 is 0.393 bits per heavy atom. The monoisotopic (exact) mass is 730 g/mol. The molecule has 0 spiro atoms. The molecule has 12 rings (SSSR count). The van der Waals surface area contributed by atoms with Crippen LogP contribution in [0.4, 0.5) is 0 Å². The molecule has 0 saturated heterocycles. The van der Waals surface area contributed by atoms with E-state index in [0.717, 1.165) is 16.7 Å². The Labute approximate surface area is 328 Å². The summed E-state index contributed by atoms with van der Waals surface area (Å²) < 4.78 is 7.11. The summed E-state index contributed by atoms with van der Waals surface area (Å²) in [5, 5.41) is 12.6. The second-order valence-corrected chi connectivity index (χ2v) is 16.2. The summed E-state index contributed by atoms with van der Waals surface area (Å²) in [5.41, 5.74) is 10.8. The SMILES string of the molecule is c1ccc(C2c3c(cc(-c4c5ccccc5c(-c5cccc6ccccc56)c5ccccc45)c4oc5ccccc5c34)SC2c2ccc3ccccc3c2)cc1. The van der Waals surface area contributed by atoms with Crippen LogP contribution in [0.1, 0.15) is 27.9 Å². The van der Waals surface area contributed by atoms with Crippen LogP contribution in [0, 0.1) is 0 Å². The van der Waals surface area contributed by atoms with Gasteiger partial charge >= 0.3 is 0 Å². The number of fused-ring (bicyclic) bond motifs is 9. The second-order valence-electron chi connectivity index (χ2n) is 15.0. The van der Waals surface area contributed by atoms with Gasteiger partial charge in [-0.05, 0) is 89.1 Å². The van der Waals surface area contributed by atoms with Gasteiger partial charge in [-0.15, -0.1) is 11.8 Å². The molecule has 1 aromatic heterocycles. The molecule has 1 aliphatic heterocycles. The standard InChI is InChI=1S/C54H34OS/c1-2-17-35(18-3-1)48-52-47(56-54(48)37-30-29-33-15-4-5-19-36(33)31-37)32-45(53-51(52)44-26-12-13-28-46(44)55-53)50-42-24-10-8-22-40(42)49(41-23-9-11-25-43(41)50)39-27-14-20-34-16-6-7-21-38(34)39/h1-32,48,54H. The Kier molecular flexibility index (Phi) is 7.06. The van der Waals surface area contributed by atoms with Crippen molar-refractivity contribution >= 4 is 76.8 Å². The molecule has 2 atom stereocenters. The van der Waals surface area contributed by atoms with Gasteiger partial charge in [-0.2, -0.15) is 0 Å². The minimum atomic E-state index is 0.136. The van der Waals surface area contributed by atoms with Crippen LogP contribution in [-0.4, -0.2) is 0 Å². The van der Waals surface area contributed by atoms with Crippen LogP contribution in [0.3, 0.4) is 0 Å². The number of hydrogen-bond acceptors (Lipinski definition) is 2. The van der Waals surface area contributed by atoms with Crippen molar-refractivity contribution in [3.05, 3.63) is 211 Å². The van der Waals surface area contributed by atoms with Crippen LogP contribution in [0.15, 0.2) is 203 Å². The Balaban J connectivity index is 1.19. The average molecular weight is 731 g/mol. The van der Waals surface area contributed by atoms with Crippen LogP contribution < -0.4 is 0 Å². The number of rotatable bonds is 4. The van der Waals surface area contributed by atoms with Crippen LogP contribution in [0.5, 0.6) is 0 Å². The van der Waals surface area contributed by atoms with Gasteiger partial charge in [0, 0.05) is 38.0 Å². The summed E-state index contributed by atoms with van der Waals surface area (Å²) >= 11 is 2.01. The van der Waals surface area contributed by atoms with Gasteiger partial charge in [0.05, 0.1) is 0 Å². The maximum Gasteiger partial charge on any atom is 0.143 e. The van der Waals surface area contributed by atoms with Crippen molar-refractivity contribution in [2.24, 2.45) is 0 Å². The third-order valence-electron chi connectivity index (χ3n) is 12.0. The molecule has 0 bridgehead atoms. The summed E-state index contributed by atoms with van der Waals surface area (Å²) in [6.07, 6.45) is 0. The molecule has 0 saturated carbocycles. The van der Waals surface area contributed by atoms with Gasteiger partial charge in [-0.1, -0.05) is 176 Å². The van der Waals surface area contributed by atoms with Gasteiger partial charge in [0.15, 0.2) is 0 Å². The highest BCUT2D eigenvalue weighted by Gasteiger charge is 2.39. The van der Waals surface area contributed by atoms with Crippen LogP contribution in [0.25, 0.3) is 87.3 Å². The Hall–Kier alpha value is -6.61. The first kappa shape index (κ1) is 31.7. The Bertz CT molecular complexity index is 3290. The van der Waals surface area contributed by atoms with E-state index in [0.29, 0.717) is 0 Å². The van der Waals surface area contributed by atoms with E-state index in [2.05, 4.69) is 194 Å². The number of para-hydroxylation sites is 1. The highest BCUT2D eigenvalue weighted by atomic mass is 32.2. The lowest BCUT2D eigenvalue weighted by Crippen LogP contribution is -2.06. The minimum Gasteiger partial charge on any atom is -0.455 e. The summed E-state index contributed by atoms with van der Waals surface area (Å²) in [4.78, 5) is 1.32. The number of thioether (sulfide) groups is 1. The van der Waals surface area contributed by atoms with Crippen LogP contribution in [0.2, 0.25) is 0 Å². The first-order valence-corrected chi connectivity index (χ1v) is 20.3. The van der Waals surface area contributed by atoms with Crippen molar-refractivity contribution in [1.82, 2.24) is 0 Å². The van der Waals surface area contributed by atoms with Gasteiger partial charge in [0.25, 0.3) is 0 Å². The molecule has 2 heterocycles. The summed E-state index contributed by atoms with van der Waals surface area (Å²) in [7, 11) is 0. The molecule has 56 heavy (non-hydrogen) atoms. The third kappa shape index (κ3) is 4.69. The highest BCUT2D eigenvalue weighted by molar-refractivity contribution is 8.00. The summed E-state index contributed by atoms with van der Waals surface area (Å²) in [6, 6.07) is 71.4. The number of furan rings is 1. The van der Waals surface area contributed by atoms with Crippen LogP contribution >= 0.6 is 11.8 Å². The van der Waals surface area contributed by atoms with Crippen molar-refractivity contribution in [3.63, 3.8) is 0 Å². The topological polar surface area (TPSA) is 13.1 Å². The zero-order chi connectivity index (χ0) is 36.7. The fraction of sp³-hybridized carbons (Fsp3) is 0.0370. The number of hydrogen-bond donors (Lipinski definition) is 0. The van der Waals surface area contributed by atoms with Crippen molar-refractivity contribution in [2.45, 2.75) is 16.1 Å². The van der Waals surface area contributed by atoms with E-state index in [4.69, 9.17) is 4.42 Å². The Morgan fingerprint density at radius 3 is 1.70 bits per heavy atom. The van der Waals surface area contributed by atoms with E-state index in [1.807, 2.05) is 11.8 Å². The molecule has 0 fully saturated rings. The average Bonchev–Trinajstić information content (AvgIpc) is 3.84. The van der Waals surface area contributed by atoms with E-state index in [1.54, 1.807) is 0 Å². The molecule has 11 aromatic rings. The molecule has 0 radical (unpaired) electrons. The highest BCUT2D eigenvalue weighted by Crippen LogP contribution is 2.61. The molecular weight excluding hydrogens is 697 g/mol. The molecular formula is C54H34OS. The van der Waals surface area contributed by atoms with Gasteiger partial charge in [-0.25, -0.2) is 0 Å². The lowest BCUT2D eigenvalue weighted by atomic mass is 9.81. The molecule has 0 N–H and O–H groups in total. The smallest absolute Gasteiger partial charge is 0.143 e. The van der Waals surface area contributed by atoms with Crippen molar-refractivity contribution in [1.29, 1.82) is 0 Å². The fourth-order valence-electron chi connectivity index (χ4n) is 9.65. The maximum atomic E-state index is 7.11. The van der Waals surface area contributed by atoms with E-state index in [9.17, 15) is 0 Å². The zero-order valence-electron chi connectivity index (χ0n) is 30.4. The minimum absolute atomic E-state index is 0.136. The molecule has 1 nitrogen and oxygen atoms in total. The first-order chi connectivity index (χ1) is 27.8. The predicted octanol–water partition coefficient (Wildman–Crippen LogP) is 15.5. The Morgan fingerprint density at radius 2 is 0.964 bits per heavy atom. The second kappa shape index (κ2) is 12.5. The van der Waals surface area contributed by atoms with Crippen molar-refractivity contribution < 1.29 is 4.42 Å². The van der Waals surface area contributed by atoms with Crippen molar-refractivity contribution in [3.8, 4) is 22.3 Å². The van der Waals surface area contributed by atoms with Crippen LogP contribution in [-0.2, 0) is 0 Å². The van der Waals surface area contributed by atoms with E-state index in [-0.39, 0.29) is 11.2 Å². The fourth-order valence-corrected chi connectivity index (χ4v) is 11.2. The normalized spacial score (nSPS) is 15.4. The van der Waals surface area contributed by atoms with E-state index < -0.39 is 0 Å². The molecule has 0 aliphatic carbocycles. The summed E-state index contributed by atoms with van der Waals surface area (Å²) in [6.45, 7) is 0. The largest absolute Gasteiger partial charge is 0.455 e.